The van der Waals surface area contributed by atoms with Crippen molar-refractivity contribution in [3.05, 3.63) is 29.6 Å². The highest BCUT2D eigenvalue weighted by molar-refractivity contribution is 6.01. The van der Waals surface area contributed by atoms with Crippen LogP contribution in [0.3, 0.4) is 0 Å². The molecule has 1 amide bonds. The average molecular weight is 222 g/mol. The van der Waals surface area contributed by atoms with Crippen molar-refractivity contribution in [1.82, 2.24) is 5.32 Å². The predicted molar refractivity (Wildman–Crippen MR) is 61.0 cm³/mol. The number of anilines is 1. The van der Waals surface area contributed by atoms with Gasteiger partial charge in [-0.2, -0.15) is 0 Å². The van der Waals surface area contributed by atoms with E-state index in [1.807, 2.05) is 7.05 Å². The molecule has 0 fully saturated rings. The van der Waals surface area contributed by atoms with Gasteiger partial charge < -0.3 is 10.2 Å². The lowest BCUT2D eigenvalue weighted by atomic mass is 10.1. The molecule has 0 unspecified atom stereocenters. The van der Waals surface area contributed by atoms with Gasteiger partial charge in [0.1, 0.15) is 5.82 Å². The normalized spacial score (nSPS) is 14.4. The Morgan fingerprint density at radius 3 is 3.06 bits per heavy atom. The molecule has 1 N–H and O–H groups in total. The van der Waals surface area contributed by atoms with Crippen LogP contribution in [0.25, 0.3) is 0 Å². The van der Waals surface area contributed by atoms with E-state index >= 15 is 0 Å². The number of hydrogen-bond donors (Lipinski definition) is 1. The summed E-state index contributed by atoms with van der Waals surface area (Å²) in [5, 5.41) is 3.04. The number of nitrogens with one attached hydrogen (secondary N) is 1. The lowest BCUT2D eigenvalue weighted by Crippen LogP contribution is -2.29. The van der Waals surface area contributed by atoms with E-state index in [1.165, 1.54) is 12.1 Å². The van der Waals surface area contributed by atoms with Gasteiger partial charge in [0.05, 0.1) is 6.42 Å². The zero-order valence-corrected chi connectivity index (χ0v) is 9.29. The van der Waals surface area contributed by atoms with E-state index in [2.05, 4.69) is 5.32 Å². The molecule has 86 valence electrons. The van der Waals surface area contributed by atoms with Gasteiger partial charge in [0.2, 0.25) is 5.91 Å². The van der Waals surface area contributed by atoms with Crippen LogP contribution in [0.4, 0.5) is 10.1 Å². The van der Waals surface area contributed by atoms with Gasteiger partial charge in [0, 0.05) is 12.2 Å². The monoisotopic (exact) mass is 222 g/mol. The van der Waals surface area contributed by atoms with Crippen molar-refractivity contribution >= 4 is 11.6 Å². The second-order valence-corrected chi connectivity index (χ2v) is 3.95. The standard InChI is InChI=1S/C12H15FN2O/c1-14-5-2-6-15-11-4-3-10(13)7-9(11)8-12(15)16/h3-4,7,14H,2,5-6,8H2,1H3. The van der Waals surface area contributed by atoms with Crippen LogP contribution in [-0.4, -0.2) is 26.0 Å². The van der Waals surface area contributed by atoms with E-state index < -0.39 is 0 Å². The largest absolute Gasteiger partial charge is 0.320 e. The molecule has 0 aliphatic carbocycles. The zero-order valence-electron chi connectivity index (χ0n) is 9.29. The topological polar surface area (TPSA) is 32.3 Å². The highest BCUT2D eigenvalue weighted by Gasteiger charge is 2.26. The third-order valence-electron chi connectivity index (χ3n) is 2.78. The summed E-state index contributed by atoms with van der Waals surface area (Å²) in [6.07, 6.45) is 1.23. The zero-order chi connectivity index (χ0) is 11.5. The van der Waals surface area contributed by atoms with E-state index in [4.69, 9.17) is 0 Å². The number of hydrogen-bond acceptors (Lipinski definition) is 2. The number of carbonyl (C=O) groups excluding carboxylic acids is 1. The first-order chi connectivity index (χ1) is 7.72. The molecule has 1 aliphatic heterocycles. The Hall–Kier alpha value is -1.42. The highest BCUT2D eigenvalue weighted by Crippen LogP contribution is 2.29. The number of nitrogens with zero attached hydrogens (tertiary/aromatic N) is 1. The Morgan fingerprint density at radius 1 is 1.50 bits per heavy atom. The molecule has 1 aromatic carbocycles. The van der Waals surface area contributed by atoms with Crippen molar-refractivity contribution in [3.63, 3.8) is 0 Å². The van der Waals surface area contributed by atoms with Gasteiger partial charge >= 0.3 is 0 Å². The summed E-state index contributed by atoms with van der Waals surface area (Å²) >= 11 is 0. The Labute approximate surface area is 94.3 Å². The van der Waals surface area contributed by atoms with Crippen molar-refractivity contribution in [2.75, 3.05) is 25.0 Å². The maximum atomic E-state index is 13.0. The fourth-order valence-corrected chi connectivity index (χ4v) is 2.01. The van der Waals surface area contributed by atoms with Crippen LogP contribution in [0.1, 0.15) is 12.0 Å². The smallest absolute Gasteiger partial charge is 0.231 e. The number of amides is 1. The lowest BCUT2D eigenvalue weighted by Gasteiger charge is -2.17. The van der Waals surface area contributed by atoms with Crippen LogP contribution in [0.5, 0.6) is 0 Å². The van der Waals surface area contributed by atoms with Gasteiger partial charge in [-0.3, -0.25) is 4.79 Å². The summed E-state index contributed by atoms with van der Waals surface area (Å²) in [5.41, 5.74) is 1.66. The van der Waals surface area contributed by atoms with E-state index in [0.717, 1.165) is 24.2 Å². The van der Waals surface area contributed by atoms with Gasteiger partial charge in [-0.05, 0) is 43.8 Å². The van der Waals surface area contributed by atoms with Crippen LogP contribution in [-0.2, 0) is 11.2 Å². The first-order valence-electron chi connectivity index (χ1n) is 5.46. The number of fused-ring (bicyclic) bond motifs is 1. The highest BCUT2D eigenvalue weighted by atomic mass is 19.1. The molecular formula is C12H15FN2O. The molecule has 0 radical (unpaired) electrons. The molecule has 0 aromatic heterocycles. The first-order valence-corrected chi connectivity index (χ1v) is 5.46. The minimum absolute atomic E-state index is 0.0664. The van der Waals surface area contributed by atoms with Gasteiger partial charge in [-0.1, -0.05) is 0 Å². The Balaban J connectivity index is 2.13. The van der Waals surface area contributed by atoms with Gasteiger partial charge in [0.15, 0.2) is 0 Å². The molecule has 16 heavy (non-hydrogen) atoms. The third-order valence-corrected chi connectivity index (χ3v) is 2.78. The number of rotatable bonds is 4. The van der Waals surface area contributed by atoms with Crippen LogP contribution in [0.2, 0.25) is 0 Å². The fourth-order valence-electron chi connectivity index (χ4n) is 2.01. The summed E-state index contributed by atoms with van der Waals surface area (Å²) in [5.74, 6) is -0.208. The molecule has 2 rings (SSSR count). The summed E-state index contributed by atoms with van der Waals surface area (Å²) in [4.78, 5) is 13.5. The lowest BCUT2D eigenvalue weighted by molar-refractivity contribution is -0.117. The van der Waals surface area contributed by atoms with Crippen molar-refractivity contribution < 1.29 is 9.18 Å². The van der Waals surface area contributed by atoms with Crippen LogP contribution >= 0.6 is 0 Å². The molecule has 1 aromatic rings. The Kier molecular flexibility index (Phi) is 3.19. The molecule has 0 atom stereocenters. The van der Waals surface area contributed by atoms with Gasteiger partial charge in [-0.25, -0.2) is 4.39 Å². The van der Waals surface area contributed by atoms with Crippen molar-refractivity contribution in [3.8, 4) is 0 Å². The number of benzene rings is 1. The molecule has 0 saturated carbocycles. The second-order valence-electron chi connectivity index (χ2n) is 3.95. The molecular weight excluding hydrogens is 207 g/mol. The Bertz CT molecular complexity index is 406. The van der Waals surface area contributed by atoms with E-state index in [-0.39, 0.29) is 11.7 Å². The van der Waals surface area contributed by atoms with Gasteiger partial charge in [-0.15, -0.1) is 0 Å². The van der Waals surface area contributed by atoms with Crippen LogP contribution in [0.15, 0.2) is 18.2 Å². The quantitative estimate of drug-likeness (QED) is 0.779. The molecule has 0 bridgehead atoms. The van der Waals surface area contributed by atoms with E-state index in [9.17, 15) is 9.18 Å². The second kappa shape index (κ2) is 4.61. The Morgan fingerprint density at radius 2 is 2.31 bits per heavy atom. The van der Waals surface area contributed by atoms with E-state index in [1.54, 1.807) is 11.0 Å². The summed E-state index contributed by atoms with van der Waals surface area (Å²) in [7, 11) is 1.88. The summed E-state index contributed by atoms with van der Waals surface area (Å²) in [6.45, 7) is 1.57. The minimum Gasteiger partial charge on any atom is -0.320 e. The van der Waals surface area contributed by atoms with Crippen LogP contribution < -0.4 is 10.2 Å². The average Bonchev–Trinajstić information content (AvgIpc) is 2.55. The maximum Gasteiger partial charge on any atom is 0.231 e. The first kappa shape index (κ1) is 11.1. The molecule has 1 aliphatic rings. The van der Waals surface area contributed by atoms with E-state index in [0.29, 0.717) is 13.0 Å². The van der Waals surface area contributed by atoms with Crippen LogP contribution in [0, 0.1) is 5.82 Å². The molecule has 0 spiro atoms. The third kappa shape index (κ3) is 2.07. The molecule has 1 heterocycles. The number of carbonyl (C=O) groups is 1. The maximum absolute atomic E-state index is 13.0. The van der Waals surface area contributed by atoms with Crippen molar-refractivity contribution in [2.24, 2.45) is 0 Å². The van der Waals surface area contributed by atoms with Crippen molar-refractivity contribution in [1.29, 1.82) is 0 Å². The van der Waals surface area contributed by atoms with Gasteiger partial charge in [0.25, 0.3) is 0 Å². The van der Waals surface area contributed by atoms with Crippen molar-refractivity contribution in [2.45, 2.75) is 12.8 Å². The molecule has 0 saturated heterocycles. The summed E-state index contributed by atoms with van der Waals surface area (Å²) in [6, 6.07) is 4.54. The number of halogens is 1. The molecule has 4 heteroatoms. The fraction of sp³-hybridized carbons (Fsp3) is 0.417. The molecule has 3 nitrogen and oxygen atoms in total. The SMILES string of the molecule is CNCCCN1C(=O)Cc2cc(F)ccc21. The predicted octanol–water partition coefficient (Wildman–Crippen LogP) is 1.32. The minimum atomic E-state index is -0.274. The summed E-state index contributed by atoms with van der Waals surface area (Å²) < 4.78 is 13.0.